The van der Waals surface area contributed by atoms with Crippen molar-refractivity contribution in [2.45, 2.75) is 64.5 Å². The van der Waals surface area contributed by atoms with Crippen LogP contribution in [0.1, 0.15) is 51.4 Å². The fraction of sp³-hybridized carbons (Fsp3) is 0.526. The van der Waals surface area contributed by atoms with Crippen LogP contribution in [0.2, 0.25) is 0 Å². The number of nitrogens with zero attached hydrogens (tertiary/aromatic N) is 5. The minimum absolute atomic E-state index is 0.0884. The molecule has 2 aromatic carbocycles. The maximum atomic E-state index is 12.8. The van der Waals surface area contributed by atoms with Crippen LogP contribution >= 0.6 is 0 Å². The van der Waals surface area contributed by atoms with E-state index in [0.29, 0.717) is 47.7 Å². The number of para-hydroxylation sites is 2. The zero-order valence-electron chi connectivity index (χ0n) is 29.5. The van der Waals surface area contributed by atoms with Gasteiger partial charge in [0.25, 0.3) is 11.1 Å². The number of fused-ring (bicyclic) bond motifs is 2. The lowest BCUT2D eigenvalue weighted by Gasteiger charge is -2.34. The van der Waals surface area contributed by atoms with Gasteiger partial charge in [0, 0.05) is 59.3 Å². The van der Waals surface area contributed by atoms with Gasteiger partial charge in [-0.05, 0) is 87.5 Å². The second kappa shape index (κ2) is 15.6. The third-order valence-corrected chi connectivity index (χ3v) is 11.2. The number of piperazine rings is 1. The summed E-state index contributed by atoms with van der Waals surface area (Å²) in [5, 5.41) is 13.4. The van der Waals surface area contributed by atoms with Gasteiger partial charge in [0.2, 0.25) is 5.91 Å². The lowest BCUT2D eigenvalue weighted by Crippen LogP contribution is -2.49. The third-order valence-electron chi connectivity index (χ3n) is 11.2. The zero-order chi connectivity index (χ0) is 36.2. The first-order valence-electron chi connectivity index (χ1n) is 18.1. The summed E-state index contributed by atoms with van der Waals surface area (Å²) in [4.78, 5) is 76.3. The summed E-state index contributed by atoms with van der Waals surface area (Å²) >= 11 is 0. The number of nitrogens with one attached hydrogen (secondary N) is 1. The van der Waals surface area contributed by atoms with Gasteiger partial charge < -0.3 is 15.3 Å². The summed E-state index contributed by atoms with van der Waals surface area (Å²) in [6.45, 7) is 4.13. The molecule has 0 spiro atoms. The number of carboxylic acids is 1. The van der Waals surface area contributed by atoms with Crippen molar-refractivity contribution in [3.8, 4) is 0 Å². The zero-order valence-corrected chi connectivity index (χ0v) is 29.5. The van der Waals surface area contributed by atoms with Gasteiger partial charge in [-0.15, -0.1) is 0 Å². The van der Waals surface area contributed by atoms with Gasteiger partial charge in [-0.25, -0.2) is 9.59 Å². The van der Waals surface area contributed by atoms with Crippen LogP contribution < -0.4 is 27.8 Å². The number of benzene rings is 2. The number of rotatable bonds is 6. The fourth-order valence-corrected chi connectivity index (χ4v) is 8.09. The van der Waals surface area contributed by atoms with Crippen LogP contribution in [0.3, 0.4) is 0 Å². The molecular formula is C38H48N6O7. The standard InChI is InChI=1S/C21H28N4O3.C17H20N2O4/c1-23-18-5-3-2-4-17(18)20(27)25(21(23)28)14-15-6-8-16(9-7-15)19(26)24-12-10-22-11-13-24;1-18-14-5-3-2-4-13(14)15(20)19(17(18)23)10-11-6-8-12(9-7-11)16(21)22/h2-5,15-16,22H,6-14H2,1H3;2-5,11-12H,6-10H2,1H3,(H,21,22). The molecule has 2 aliphatic carbocycles. The van der Waals surface area contributed by atoms with Crippen LogP contribution in [0.25, 0.3) is 21.8 Å². The van der Waals surface area contributed by atoms with Crippen molar-refractivity contribution in [1.29, 1.82) is 0 Å². The van der Waals surface area contributed by atoms with Crippen molar-refractivity contribution in [3.05, 3.63) is 90.2 Å². The predicted molar refractivity (Wildman–Crippen MR) is 195 cm³/mol. The van der Waals surface area contributed by atoms with Gasteiger partial charge in [-0.3, -0.25) is 37.4 Å². The minimum Gasteiger partial charge on any atom is -0.481 e. The van der Waals surface area contributed by atoms with Crippen LogP contribution in [0.15, 0.2) is 67.7 Å². The highest BCUT2D eigenvalue weighted by molar-refractivity contribution is 5.79. The van der Waals surface area contributed by atoms with E-state index in [2.05, 4.69) is 5.32 Å². The number of aryl methyl sites for hydroxylation is 2. The molecule has 3 heterocycles. The largest absolute Gasteiger partial charge is 0.481 e. The van der Waals surface area contributed by atoms with Crippen LogP contribution in [0.4, 0.5) is 0 Å². The van der Waals surface area contributed by atoms with Crippen LogP contribution in [0.5, 0.6) is 0 Å². The molecule has 0 radical (unpaired) electrons. The summed E-state index contributed by atoms with van der Waals surface area (Å²) in [6, 6.07) is 14.3. The van der Waals surface area contributed by atoms with E-state index in [4.69, 9.17) is 5.11 Å². The molecule has 1 aliphatic heterocycles. The molecule has 3 aliphatic rings. The Morgan fingerprint density at radius 1 is 0.647 bits per heavy atom. The minimum atomic E-state index is -0.748. The Labute approximate surface area is 295 Å². The number of hydrogen-bond acceptors (Lipinski definition) is 7. The Bertz CT molecular complexity index is 2140. The SMILES string of the molecule is Cn1c(=O)n(CC2CCC(C(=O)N3CCNCC3)CC2)c(=O)c2ccccc21.Cn1c(=O)n(CC2CCC(C(=O)O)CC2)c(=O)c2ccccc21. The highest BCUT2D eigenvalue weighted by Crippen LogP contribution is 2.31. The molecule has 2 N–H and O–H groups in total. The molecular weight excluding hydrogens is 652 g/mol. The summed E-state index contributed by atoms with van der Waals surface area (Å²) in [5.74, 6) is -0.232. The van der Waals surface area contributed by atoms with Crippen molar-refractivity contribution in [2.24, 2.45) is 37.8 Å². The quantitative estimate of drug-likeness (QED) is 0.311. The summed E-state index contributed by atoms with van der Waals surface area (Å²) in [7, 11) is 3.38. The number of aromatic nitrogens is 4. The molecule has 0 unspecified atom stereocenters. The normalized spacial score (nSPS) is 22.4. The average molecular weight is 701 g/mol. The monoisotopic (exact) mass is 700 g/mol. The van der Waals surface area contributed by atoms with Gasteiger partial charge in [0.1, 0.15) is 0 Å². The molecule has 2 aromatic heterocycles. The molecule has 13 nitrogen and oxygen atoms in total. The van der Waals surface area contributed by atoms with Gasteiger partial charge >= 0.3 is 17.3 Å². The van der Waals surface area contributed by atoms with E-state index in [1.54, 1.807) is 55.1 Å². The van der Waals surface area contributed by atoms with E-state index >= 15 is 0 Å². The number of hydrogen-bond donors (Lipinski definition) is 2. The Hall–Kier alpha value is -4.78. The van der Waals surface area contributed by atoms with Gasteiger partial charge in [0.15, 0.2) is 0 Å². The number of carboxylic acid groups (broad SMARTS) is 1. The van der Waals surface area contributed by atoms with Crippen molar-refractivity contribution >= 4 is 33.7 Å². The maximum Gasteiger partial charge on any atom is 0.331 e. The maximum absolute atomic E-state index is 12.8. The third kappa shape index (κ3) is 7.63. The van der Waals surface area contributed by atoms with E-state index in [1.807, 2.05) is 17.0 Å². The second-order valence-electron chi connectivity index (χ2n) is 14.4. The smallest absolute Gasteiger partial charge is 0.331 e. The van der Waals surface area contributed by atoms with Crippen LogP contribution in [-0.2, 0) is 36.8 Å². The van der Waals surface area contributed by atoms with Crippen molar-refractivity contribution in [3.63, 3.8) is 0 Å². The molecule has 0 atom stereocenters. The molecule has 4 aromatic rings. The van der Waals surface area contributed by atoms with E-state index in [-0.39, 0.29) is 52.1 Å². The summed E-state index contributed by atoms with van der Waals surface area (Å²) in [6.07, 6.45) is 6.14. The lowest BCUT2D eigenvalue weighted by molar-refractivity contribution is -0.143. The first-order valence-corrected chi connectivity index (χ1v) is 18.1. The van der Waals surface area contributed by atoms with E-state index in [1.165, 1.54) is 13.7 Å². The Balaban J connectivity index is 0.000000179. The lowest BCUT2D eigenvalue weighted by atomic mass is 9.81. The van der Waals surface area contributed by atoms with E-state index in [9.17, 15) is 28.8 Å². The number of aliphatic carboxylic acids is 1. The molecule has 1 saturated heterocycles. The first-order chi connectivity index (χ1) is 24.5. The molecule has 2 saturated carbocycles. The second-order valence-corrected chi connectivity index (χ2v) is 14.4. The van der Waals surface area contributed by atoms with Crippen LogP contribution in [0, 0.1) is 23.7 Å². The molecule has 272 valence electrons. The predicted octanol–water partition coefficient (Wildman–Crippen LogP) is 2.53. The number of amides is 1. The fourth-order valence-electron chi connectivity index (χ4n) is 8.09. The number of carbonyl (C=O) groups is 2. The van der Waals surface area contributed by atoms with Gasteiger partial charge in [-0.2, -0.15) is 0 Å². The molecule has 0 bridgehead atoms. The topological polar surface area (TPSA) is 158 Å². The molecule has 1 amide bonds. The Morgan fingerprint density at radius 2 is 1.06 bits per heavy atom. The van der Waals surface area contributed by atoms with Crippen molar-refractivity contribution in [2.75, 3.05) is 26.2 Å². The number of carbonyl (C=O) groups excluding carboxylic acids is 1. The van der Waals surface area contributed by atoms with E-state index in [0.717, 1.165) is 64.7 Å². The van der Waals surface area contributed by atoms with Gasteiger partial charge in [0.05, 0.1) is 27.7 Å². The highest BCUT2D eigenvalue weighted by Gasteiger charge is 2.31. The van der Waals surface area contributed by atoms with E-state index < -0.39 is 5.97 Å². The Kier molecular flexibility index (Phi) is 11.0. The van der Waals surface area contributed by atoms with Gasteiger partial charge in [-0.1, -0.05) is 24.3 Å². The first kappa shape index (κ1) is 36.0. The van der Waals surface area contributed by atoms with Crippen LogP contribution in [-0.4, -0.2) is 66.3 Å². The summed E-state index contributed by atoms with van der Waals surface area (Å²) < 4.78 is 5.73. The van der Waals surface area contributed by atoms with Crippen molar-refractivity contribution in [1.82, 2.24) is 28.5 Å². The van der Waals surface area contributed by atoms with Crippen molar-refractivity contribution < 1.29 is 14.7 Å². The molecule has 3 fully saturated rings. The summed E-state index contributed by atoms with van der Waals surface area (Å²) in [5.41, 5.74) is 0.256. The molecule has 51 heavy (non-hydrogen) atoms. The average Bonchev–Trinajstić information content (AvgIpc) is 3.17. The highest BCUT2D eigenvalue weighted by atomic mass is 16.4. The Morgan fingerprint density at radius 3 is 1.49 bits per heavy atom. The molecule has 7 rings (SSSR count). The molecule has 13 heteroatoms.